The van der Waals surface area contributed by atoms with Gasteiger partial charge in [0.05, 0.1) is 20.3 Å². The molecular weight excluding hydrogens is 394 g/mol. The van der Waals surface area contributed by atoms with Crippen molar-refractivity contribution in [3.63, 3.8) is 0 Å². The van der Waals surface area contributed by atoms with Crippen LogP contribution in [0.5, 0.6) is 17.2 Å². The summed E-state index contributed by atoms with van der Waals surface area (Å²) in [6.07, 6.45) is 1.88. The van der Waals surface area contributed by atoms with Gasteiger partial charge in [0.15, 0.2) is 11.5 Å². The molecule has 0 fully saturated rings. The number of hydrogen-bond acceptors (Lipinski definition) is 4. The Bertz CT molecular complexity index is 691. The summed E-state index contributed by atoms with van der Waals surface area (Å²) in [6, 6.07) is 12.2. The Morgan fingerprint density at radius 3 is 2.46 bits per heavy atom. The highest BCUT2D eigenvalue weighted by molar-refractivity contribution is 9.10. The summed E-state index contributed by atoms with van der Waals surface area (Å²) in [4.78, 5) is 0. The quantitative estimate of drug-likeness (QED) is 0.519. The van der Waals surface area contributed by atoms with Crippen LogP contribution in [-0.2, 0) is 13.0 Å². The van der Waals surface area contributed by atoms with Gasteiger partial charge in [-0.3, -0.25) is 0 Å². The van der Waals surface area contributed by atoms with E-state index in [1.165, 1.54) is 5.56 Å². The monoisotopic (exact) mass is 421 g/mol. The van der Waals surface area contributed by atoms with E-state index in [1.54, 1.807) is 7.11 Å². The molecule has 0 spiro atoms. The number of benzene rings is 2. The van der Waals surface area contributed by atoms with Crippen molar-refractivity contribution >= 4 is 15.9 Å². The Morgan fingerprint density at radius 2 is 1.73 bits per heavy atom. The van der Waals surface area contributed by atoms with Crippen molar-refractivity contribution in [1.82, 2.24) is 5.32 Å². The third-order valence-corrected chi connectivity index (χ3v) is 4.69. The summed E-state index contributed by atoms with van der Waals surface area (Å²) in [5, 5.41) is 3.49. The third-order valence-electron chi connectivity index (χ3n) is 3.95. The topological polar surface area (TPSA) is 39.7 Å². The van der Waals surface area contributed by atoms with E-state index in [9.17, 15) is 0 Å². The molecule has 2 aromatic rings. The highest BCUT2D eigenvalue weighted by atomic mass is 79.9. The maximum Gasteiger partial charge on any atom is 0.162 e. The number of rotatable bonds is 11. The van der Waals surface area contributed by atoms with Gasteiger partial charge in [0.1, 0.15) is 5.75 Å². The van der Waals surface area contributed by atoms with Crippen molar-refractivity contribution in [1.29, 1.82) is 0 Å². The molecule has 0 atom stereocenters. The Hall–Kier alpha value is -1.72. The fourth-order valence-electron chi connectivity index (χ4n) is 2.66. The van der Waals surface area contributed by atoms with Crippen molar-refractivity contribution in [3.8, 4) is 17.2 Å². The van der Waals surface area contributed by atoms with Crippen LogP contribution >= 0.6 is 15.9 Å². The lowest BCUT2D eigenvalue weighted by atomic mass is 10.1. The van der Waals surface area contributed by atoms with Gasteiger partial charge in [-0.1, -0.05) is 41.1 Å². The zero-order valence-electron chi connectivity index (χ0n) is 15.8. The molecule has 5 heteroatoms. The molecule has 1 N–H and O–H groups in total. The minimum Gasteiger partial charge on any atom is -0.496 e. The first-order chi connectivity index (χ1) is 12.7. The molecule has 4 nitrogen and oxygen atoms in total. The van der Waals surface area contributed by atoms with Gasteiger partial charge >= 0.3 is 0 Å². The number of methoxy groups -OCH3 is 1. The van der Waals surface area contributed by atoms with Crippen molar-refractivity contribution in [2.24, 2.45) is 0 Å². The summed E-state index contributed by atoms with van der Waals surface area (Å²) < 4.78 is 18.0. The molecule has 0 heterocycles. The SMILES string of the molecule is CCCOc1cc(Br)c(CNCCc2ccccc2OC)cc1OCC. The first-order valence-corrected chi connectivity index (χ1v) is 9.89. The highest BCUT2D eigenvalue weighted by Gasteiger charge is 2.11. The van der Waals surface area contributed by atoms with Crippen LogP contribution in [0.15, 0.2) is 40.9 Å². The molecule has 0 aliphatic rings. The zero-order chi connectivity index (χ0) is 18.8. The van der Waals surface area contributed by atoms with Crippen LogP contribution < -0.4 is 19.5 Å². The van der Waals surface area contributed by atoms with Gasteiger partial charge in [-0.25, -0.2) is 0 Å². The molecule has 0 amide bonds. The zero-order valence-corrected chi connectivity index (χ0v) is 17.4. The van der Waals surface area contributed by atoms with Gasteiger partial charge in [0, 0.05) is 11.0 Å². The third kappa shape index (κ3) is 5.92. The van der Waals surface area contributed by atoms with Gasteiger partial charge in [0.2, 0.25) is 0 Å². The van der Waals surface area contributed by atoms with E-state index in [0.29, 0.717) is 13.2 Å². The van der Waals surface area contributed by atoms with Crippen LogP contribution in [0, 0.1) is 0 Å². The van der Waals surface area contributed by atoms with Crippen LogP contribution in [0.2, 0.25) is 0 Å². The largest absolute Gasteiger partial charge is 0.496 e. The molecule has 2 aromatic carbocycles. The number of hydrogen-bond donors (Lipinski definition) is 1. The lowest BCUT2D eigenvalue weighted by Crippen LogP contribution is -2.17. The first kappa shape index (κ1) is 20.6. The average Bonchev–Trinajstić information content (AvgIpc) is 2.66. The minimum absolute atomic E-state index is 0.616. The van der Waals surface area contributed by atoms with Crippen LogP contribution in [0.4, 0.5) is 0 Å². The summed E-state index contributed by atoms with van der Waals surface area (Å²) in [5.41, 5.74) is 2.36. The Morgan fingerprint density at radius 1 is 0.962 bits per heavy atom. The molecular formula is C21H28BrNO3. The molecule has 26 heavy (non-hydrogen) atoms. The van der Waals surface area contributed by atoms with Crippen LogP contribution in [0.25, 0.3) is 0 Å². The number of nitrogens with one attached hydrogen (secondary N) is 1. The van der Waals surface area contributed by atoms with Gasteiger partial charge < -0.3 is 19.5 Å². The normalized spacial score (nSPS) is 10.6. The molecule has 142 valence electrons. The first-order valence-electron chi connectivity index (χ1n) is 9.10. The fraction of sp³-hybridized carbons (Fsp3) is 0.429. The van der Waals surface area contributed by atoms with E-state index in [4.69, 9.17) is 14.2 Å². The predicted octanol–water partition coefficient (Wildman–Crippen LogP) is 4.98. The van der Waals surface area contributed by atoms with E-state index in [-0.39, 0.29) is 0 Å². The highest BCUT2D eigenvalue weighted by Crippen LogP contribution is 2.34. The standard InChI is InChI=1S/C21H28BrNO3/c1-4-12-26-21-14-18(22)17(13-20(21)25-5-2)15-23-11-10-16-8-6-7-9-19(16)24-3/h6-9,13-14,23H,4-5,10-12,15H2,1-3H3. The van der Waals surface area contributed by atoms with Gasteiger partial charge in [-0.2, -0.15) is 0 Å². The molecule has 2 rings (SSSR count). The Labute approximate surface area is 165 Å². The summed E-state index contributed by atoms with van der Waals surface area (Å²) >= 11 is 3.65. The lowest BCUT2D eigenvalue weighted by Gasteiger charge is -2.15. The smallest absolute Gasteiger partial charge is 0.162 e. The molecule has 0 aromatic heterocycles. The van der Waals surface area contributed by atoms with Crippen molar-refractivity contribution in [2.45, 2.75) is 33.2 Å². The van der Waals surface area contributed by atoms with Crippen molar-refractivity contribution in [3.05, 3.63) is 52.0 Å². The van der Waals surface area contributed by atoms with E-state index < -0.39 is 0 Å². The van der Waals surface area contributed by atoms with E-state index in [0.717, 1.165) is 53.2 Å². The molecule has 0 bridgehead atoms. The maximum absolute atomic E-state index is 5.79. The summed E-state index contributed by atoms with van der Waals surface area (Å²) in [6.45, 7) is 6.99. The van der Waals surface area contributed by atoms with Gasteiger partial charge in [0.25, 0.3) is 0 Å². The number of halogens is 1. The van der Waals surface area contributed by atoms with E-state index in [1.807, 2.05) is 31.2 Å². The van der Waals surface area contributed by atoms with Crippen LogP contribution in [0.1, 0.15) is 31.4 Å². The number of ether oxygens (including phenoxy) is 3. The summed E-state index contributed by atoms with van der Waals surface area (Å²) in [5.74, 6) is 2.52. The van der Waals surface area contributed by atoms with E-state index >= 15 is 0 Å². The maximum atomic E-state index is 5.79. The predicted molar refractivity (Wildman–Crippen MR) is 110 cm³/mol. The lowest BCUT2D eigenvalue weighted by molar-refractivity contribution is 0.276. The van der Waals surface area contributed by atoms with Crippen molar-refractivity contribution < 1.29 is 14.2 Å². The Kier molecular flexibility index (Phi) is 8.78. The minimum atomic E-state index is 0.616. The van der Waals surface area contributed by atoms with Gasteiger partial charge in [-0.15, -0.1) is 0 Å². The fourth-order valence-corrected chi connectivity index (χ4v) is 3.12. The second-order valence-corrected chi connectivity index (χ2v) is 6.76. The van der Waals surface area contributed by atoms with Gasteiger partial charge in [-0.05, 0) is 55.6 Å². The van der Waals surface area contributed by atoms with Crippen molar-refractivity contribution in [2.75, 3.05) is 26.9 Å². The second-order valence-electron chi connectivity index (χ2n) is 5.91. The molecule has 0 unspecified atom stereocenters. The number of para-hydroxylation sites is 1. The second kappa shape index (κ2) is 11.1. The van der Waals surface area contributed by atoms with E-state index in [2.05, 4.69) is 40.3 Å². The molecule has 0 saturated carbocycles. The molecule has 0 radical (unpaired) electrons. The average molecular weight is 422 g/mol. The Balaban J connectivity index is 1.97. The van der Waals surface area contributed by atoms with Crippen LogP contribution in [-0.4, -0.2) is 26.9 Å². The molecule has 0 aliphatic carbocycles. The van der Waals surface area contributed by atoms with Crippen LogP contribution in [0.3, 0.4) is 0 Å². The molecule has 0 aliphatic heterocycles. The molecule has 0 saturated heterocycles. The summed E-state index contributed by atoms with van der Waals surface area (Å²) in [7, 11) is 1.71.